The molecule has 0 spiro atoms. The van der Waals surface area contributed by atoms with Gasteiger partial charge >= 0.3 is 0 Å². The highest BCUT2D eigenvalue weighted by molar-refractivity contribution is 9.10. The lowest BCUT2D eigenvalue weighted by Gasteiger charge is -2.13. The highest BCUT2D eigenvalue weighted by atomic mass is 79.9. The molecule has 0 heterocycles. The third-order valence-electron chi connectivity index (χ3n) is 4.11. The van der Waals surface area contributed by atoms with E-state index >= 15 is 0 Å². The number of nitro groups is 1. The fourth-order valence-electron chi connectivity index (χ4n) is 2.61. The molecule has 1 N–H and O–H groups in total. The molecule has 0 radical (unpaired) electrons. The molecule has 0 aliphatic rings. The van der Waals surface area contributed by atoms with Crippen LogP contribution in [0.4, 0.5) is 11.4 Å². The fourth-order valence-corrected chi connectivity index (χ4v) is 2.97. The standard InChI is InChI=1S/C20H23BrN2O4/c1-3-4-5-6-11-27-19-10-7-15(21)13-17(19)20(24)22-18-9-8-16(23(25)26)12-14(18)2/h7-10,12-13H,3-6,11H2,1-2H3,(H,22,24). The largest absolute Gasteiger partial charge is 0.493 e. The molecule has 0 aliphatic carbocycles. The number of anilines is 1. The average Bonchev–Trinajstić information content (AvgIpc) is 2.64. The minimum absolute atomic E-state index is 0.0101. The number of carbonyl (C=O) groups excluding carboxylic acids is 1. The van der Waals surface area contributed by atoms with Crippen LogP contribution in [0.15, 0.2) is 40.9 Å². The van der Waals surface area contributed by atoms with Crippen molar-refractivity contribution in [3.8, 4) is 5.75 Å². The number of non-ortho nitro benzene ring substituents is 1. The summed E-state index contributed by atoms with van der Waals surface area (Å²) < 4.78 is 6.58. The predicted octanol–water partition coefficient (Wildman–Crippen LogP) is 5.88. The summed E-state index contributed by atoms with van der Waals surface area (Å²) in [6, 6.07) is 9.64. The van der Waals surface area contributed by atoms with E-state index in [1.165, 1.54) is 18.2 Å². The van der Waals surface area contributed by atoms with Gasteiger partial charge in [0.1, 0.15) is 5.75 Å². The Morgan fingerprint density at radius 1 is 1.19 bits per heavy atom. The summed E-state index contributed by atoms with van der Waals surface area (Å²) in [4.78, 5) is 23.1. The van der Waals surface area contributed by atoms with Crippen molar-refractivity contribution < 1.29 is 14.5 Å². The van der Waals surface area contributed by atoms with Gasteiger partial charge < -0.3 is 10.1 Å². The summed E-state index contributed by atoms with van der Waals surface area (Å²) >= 11 is 3.38. The van der Waals surface area contributed by atoms with E-state index in [4.69, 9.17) is 4.74 Å². The minimum Gasteiger partial charge on any atom is -0.493 e. The monoisotopic (exact) mass is 434 g/mol. The topological polar surface area (TPSA) is 81.5 Å². The molecule has 0 atom stereocenters. The Morgan fingerprint density at radius 2 is 1.96 bits per heavy atom. The van der Waals surface area contributed by atoms with Gasteiger partial charge in [-0.05, 0) is 43.2 Å². The first-order valence-corrected chi connectivity index (χ1v) is 9.70. The first-order chi connectivity index (χ1) is 12.9. The van der Waals surface area contributed by atoms with Crippen molar-refractivity contribution in [3.05, 3.63) is 62.1 Å². The number of aryl methyl sites for hydroxylation is 1. The summed E-state index contributed by atoms with van der Waals surface area (Å²) in [5, 5.41) is 13.7. The van der Waals surface area contributed by atoms with Gasteiger partial charge in [0, 0.05) is 22.3 Å². The zero-order valence-electron chi connectivity index (χ0n) is 15.5. The number of amides is 1. The van der Waals surface area contributed by atoms with Crippen LogP contribution in [0.3, 0.4) is 0 Å². The van der Waals surface area contributed by atoms with Crippen LogP contribution >= 0.6 is 15.9 Å². The van der Waals surface area contributed by atoms with E-state index in [9.17, 15) is 14.9 Å². The van der Waals surface area contributed by atoms with Gasteiger partial charge in [0.2, 0.25) is 0 Å². The van der Waals surface area contributed by atoms with E-state index in [2.05, 4.69) is 28.2 Å². The lowest BCUT2D eigenvalue weighted by atomic mass is 10.1. The Balaban J connectivity index is 2.13. The summed E-state index contributed by atoms with van der Waals surface area (Å²) in [6.07, 6.45) is 4.35. The van der Waals surface area contributed by atoms with E-state index in [0.29, 0.717) is 29.2 Å². The number of nitrogens with one attached hydrogen (secondary N) is 1. The normalized spacial score (nSPS) is 10.5. The Morgan fingerprint density at radius 3 is 2.63 bits per heavy atom. The number of unbranched alkanes of at least 4 members (excludes halogenated alkanes) is 3. The molecule has 7 heteroatoms. The zero-order valence-corrected chi connectivity index (χ0v) is 17.0. The van der Waals surface area contributed by atoms with Gasteiger partial charge in [-0.1, -0.05) is 42.1 Å². The van der Waals surface area contributed by atoms with Crippen molar-refractivity contribution in [1.29, 1.82) is 0 Å². The molecule has 0 aromatic heterocycles. The van der Waals surface area contributed by atoms with Crippen molar-refractivity contribution in [3.63, 3.8) is 0 Å². The molecule has 0 unspecified atom stereocenters. The van der Waals surface area contributed by atoms with E-state index < -0.39 is 4.92 Å². The van der Waals surface area contributed by atoms with Gasteiger partial charge in [-0.25, -0.2) is 0 Å². The number of nitrogens with zero attached hydrogens (tertiary/aromatic N) is 1. The number of rotatable bonds is 9. The molecule has 6 nitrogen and oxygen atoms in total. The second-order valence-corrected chi connectivity index (χ2v) is 7.18. The molecule has 2 aromatic rings. The third kappa shape index (κ3) is 6.06. The molecule has 0 bridgehead atoms. The van der Waals surface area contributed by atoms with Gasteiger partial charge in [0.05, 0.1) is 17.1 Å². The van der Waals surface area contributed by atoms with Crippen LogP contribution in [0.1, 0.15) is 48.5 Å². The second-order valence-electron chi connectivity index (χ2n) is 6.26. The number of hydrogen-bond acceptors (Lipinski definition) is 4. The maximum Gasteiger partial charge on any atom is 0.269 e. The first kappa shape index (κ1) is 20.9. The van der Waals surface area contributed by atoms with Crippen molar-refractivity contribution in [2.45, 2.75) is 39.5 Å². The van der Waals surface area contributed by atoms with Crippen molar-refractivity contribution >= 4 is 33.2 Å². The third-order valence-corrected chi connectivity index (χ3v) is 4.60. The van der Waals surface area contributed by atoms with Crippen LogP contribution in [0.5, 0.6) is 5.75 Å². The van der Waals surface area contributed by atoms with Gasteiger partial charge in [-0.15, -0.1) is 0 Å². The number of halogens is 1. The summed E-state index contributed by atoms with van der Waals surface area (Å²) in [6.45, 7) is 4.42. The van der Waals surface area contributed by atoms with Gasteiger partial charge in [0.15, 0.2) is 0 Å². The molecule has 0 fully saturated rings. The molecular weight excluding hydrogens is 412 g/mol. The molecule has 0 saturated carbocycles. The Kier molecular flexibility index (Phi) is 7.79. The highest BCUT2D eigenvalue weighted by Gasteiger charge is 2.16. The molecule has 27 heavy (non-hydrogen) atoms. The summed E-state index contributed by atoms with van der Waals surface area (Å²) in [5.74, 6) is 0.198. The quantitative estimate of drug-likeness (QED) is 0.303. The van der Waals surface area contributed by atoms with Gasteiger partial charge in [-0.3, -0.25) is 14.9 Å². The van der Waals surface area contributed by atoms with Crippen LogP contribution in [-0.4, -0.2) is 17.4 Å². The number of benzene rings is 2. The lowest BCUT2D eigenvalue weighted by molar-refractivity contribution is -0.384. The molecule has 2 rings (SSSR count). The van der Waals surface area contributed by atoms with Crippen molar-refractivity contribution in [1.82, 2.24) is 0 Å². The second kappa shape index (κ2) is 10.1. The number of carbonyl (C=O) groups is 1. The molecule has 0 aliphatic heterocycles. The number of nitro benzene ring substituents is 1. The molecule has 2 aromatic carbocycles. The van der Waals surface area contributed by atoms with Gasteiger partial charge in [-0.2, -0.15) is 0 Å². The van der Waals surface area contributed by atoms with Crippen LogP contribution < -0.4 is 10.1 Å². The van der Waals surface area contributed by atoms with Crippen LogP contribution in [0.25, 0.3) is 0 Å². The molecule has 1 amide bonds. The SMILES string of the molecule is CCCCCCOc1ccc(Br)cc1C(=O)Nc1ccc([N+](=O)[O-])cc1C. The van der Waals surface area contributed by atoms with Crippen molar-refractivity contribution in [2.75, 3.05) is 11.9 Å². The predicted molar refractivity (Wildman–Crippen MR) is 110 cm³/mol. The number of hydrogen-bond donors (Lipinski definition) is 1. The maximum atomic E-state index is 12.7. The molecule has 144 valence electrons. The minimum atomic E-state index is -0.461. The summed E-state index contributed by atoms with van der Waals surface area (Å²) in [5.41, 5.74) is 1.55. The number of ether oxygens (including phenoxy) is 1. The molecule has 0 saturated heterocycles. The Bertz CT molecular complexity index is 824. The van der Waals surface area contributed by atoms with Crippen molar-refractivity contribution in [2.24, 2.45) is 0 Å². The van der Waals surface area contributed by atoms with Crippen LogP contribution in [0.2, 0.25) is 0 Å². The maximum absolute atomic E-state index is 12.7. The van der Waals surface area contributed by atoms with Crippen LogP contribution in [0, 0.1) is 17.0 Å². The fraction of sp³-hybridized carbons (Fsp3) is 0.350. The van der Waals surface area contributed by atoms with E-state index in [-0.39, 0.29) is 11.6 Å². The lowest BCUT2D eigenvalue weighted by Crippen LogP contribution is -2.15. The Labute approximate surface area is 167 Å². The van der Waals surface area contributed by atoms with E-state index in [1.54, 1.807) is 19.1 Å². The van der Waals surface area contributed by atoms with Gasteiger partial charge in [0.25, 0.3) is 11.6 Å². The van der Waals surface area contributed by atoms with E-state index in [0.717, 1.165) is 30.2 Å². The molecular formula is C20H23BrN2O4. The van der Waals surface area contributed by atoms with E-state index in [1.807, 2.05) is 6.07 Å². The Hall–Kier alpha value is -2.41. The average molecular weight is 435 g/mol. The highest BCUT2D eigenvalue weighted by Crippen LogP contribution is 2.26. The first-order valence-electron chi connectivity index (χ1n) is 8.91. The smallest absolute Gasteiger partial charge is 0.269 e. The zero-order chi connectivity index (χ0) is 19.8. The van der Waals surface area contributed by atoms with Crippen LogP contribution in [-0.2, 0) is 0 Å². The summed E-state index contributed by atoms with van der Waals surface area (Å²) in [7, 11) is 0.